The van der Waals surface area contributed by atoms with Crippen molar-refractivity contribution in [3.05, 3.63) is 46.7 Å². The van der Waals surface area contributed by atoms with Crippen molar-refractivity contribution in [2.45, 2.75) is 4.90 Å². The molecule has 8 nitrogen and oxygen atoms in total. The summed E-state index contributed by atoms with van der Waals surface area (Å²) < 4.78 is 45.1. The van der Waals surface area contributed by atoms with Gasteiger partial charge in [-0.25, -0.2) is 17.5 Å². The van der Waals surface area contributed by atoms with Crippen LogP contribution in [0.4, 0.5) is 15.8 Å². The van der Waals surface area contributed by atoms with Gasteiger partial charge in [0.05, 0.1) is 26.9 Å². The minimum atomic E-state index is -3.85. The topological polar surface area (TPSA) is 114 Å². The minimum Gasteiger partial charge on any atom is -0.482 e. The number of nitrogens with one attached hydrogen (secondary N) is 3. The molecule has 2 aromatic carbocycles. The number of carbonyl (C=O) groups is 2. The lowest BCUT2D eigenvalue weighted by molar-refractivity contribution is -0.118. The average Bonchev–Trinajstić information content (AvgIpc) is 2.62. The first-order valence-electron chi connectivity index (χ1n) is 7.52. The Hall–Kier alpha value is -2.69. The molecule has 0 saturated carbocycles. The van der Waals surface area contributed by atoms with Crippen LogP contribution in [0.5, 0.6) is 5.75 Å². The standard InChI is InChI=1S/C16H13ClFN3O5S/c1-19-27(24,25)8-2-3-11(18)9(4-8)16(23)21-12-6-14-13(5-10(12)17)20-15(22)7-26-14/h2-6,19H,7H2,1H3,(H,20,22)(H,21,23). The number of amides is 2. The largest absolute Gasteiger partial charge is 0.482 e. The number of ether oxygens (including phenoxy) is 1. The molecule has 1 heterocycles. The molecule has 11 heteroatoms. The number of hydrogen-bond acceptors (Lipinski definition) is 5. The summed E-state index contributed by atoms with van der Waals surface area (Å²) in [4.78, 5) is 23.5. The van der Waals surface area contributed by atoms with Crippen LogP contribution >= 0.6 is 11.6 Å². The first-order valence-corrected chi connectivity index (χ1v) is 9.38. The van der Waals surface area contributed by atoms with Crippen LogP contribution in [0.1, 0.15) is 10.4 Å². The van der Waals surface area contributed by atoms with Crippen molar-refractivity contribution in [2.75, 3.05) is 24.3 Å². The summed E-state index contributed by atoms with van der Waals surface area (Å²) in [5.41, 5.74) is -0.0327. The molecule has 0 aliphatic carbocycles. The van der Waals surface area contributed by atoms with Gasteiger partial charge in [0, 0.05) is 6.07 Å². The minimum absolute atomic E-state index is 0.0762. The van der Waals surface area contributed by atoms with E-state index in [1.54, 1.807) is 0 Å². The molecule has 3 N–H and O–H groups in total. The van der Waals surface area contributed by atoms with E-state index in [-0.39, 0.29) is 33.9 Å². The Morgan fingerprint density at radius 2 is 2.04 bits per heavy atom. The Bertz CT molecular complexity index is 1060. The maximum Gasteiger partial charge on any atom is 0.262 e. The van der Waals surface area contributed by atoms with E-state index in [4.69, 9.17) is 16.3 Å². The molecule has 1 aliphatic rings. The molecule has 0 atom stereocenters. The van der Waals surface area contributed by atoms with Crippen molar-refractivity contribution in [1.29, 1.82) is 0 Å². The second-order valence-corrected chi connectivity index (χ2v) is 7.76. The van der Waals surface area contributed by atoms with Crippen LogP contribution in [0.15, 0.2) is 35.2 Å². The van der Waals surface area contributed by atoms with Crippen molar-refractivity contribution in [1.82, 2.24) is 4.72 Å². The second kappa shape index (κ2) is 7.14. The summed E-state index contributed by atoms with van der Waals surface area (Å²) in [6, 6.07) is 5.59. The predicted molar refractivity (Wildman–Crippen MR) is 96.2 cm³/mol. The maximum atomic E-state index is 14.1. The highest BCUT2D eigenvalue weighted by Gasteiger charge is 2.22. The molecule has 0 spiro atoms. The molecule has 0 fully saturated rings. The van der Waals surface area contributed by atoms with E-state index >= 15 is 0 Å². The summed E-state index contributed by atoms with van der Waals surface area (Å²) in [6.07, 6.45) is 0. The van der Waals surface area contributed by atoms with Crippen LogP contribution < -0.4 is 20.1 Å². The summed E-state index contributed by atoms with van der Waals surface area (Å²) in [5.74, 6) is -1.87. The SMILES string of the molecule is CNS(=O)(=O)c1ccc(F)c(C(=O)Nc2cc3c(cc2Cl)NC(=O)CO3)c1. The van der Waals surface area contributed by atoms with E-state index < -0.39 is 27.3 Å². The zero-order valence-electron chi connectivity index (χ0n) is 13.8. The Labute approximate surface area is 158 Å². The highest BCUT2D eigenvalue weighted by atomic mass is 35.5. The van der Waals surface area contributed by atoms with E-state index in [9.17, 15) is 22.4 Å². The van der Waals surface area contributed by atoms with Crippen LogP contribution in [0.2, 0.25) is 5.02 Å². The van der Waals surface area contributed by atoms with Gasteiger partial charge in [0.25, 0.3) is 11.8 Å². The van der Waals surface area contributed by atoms with Gasteiger partial charge < -0.3 is 15.4 Å². The van der Waals surface area contributed by atoms with Crippen molar-refractivity contribution in [2.24, 2.45) is 0 Å². The molecule has 1 aliphatic heterocycles. The van der Waals surface area contributed by atoms with Gasteiger partial charge in [0.2, 0.25) is 10.0 Å². The fourth-order valence-electron chi connectivity index (χ4n) is 2.35. The van der Waals surface area contributed by atoms with Crippen LogP contribution in [-0.4, -0.2) is 33.9 Å². The van der Waals surface area contributed by atoms with Gasteiger partial charge in [-0.15, -0.1) is 0 Å². The molecule has 0 bridgehead atoms. The fraction of sp³-hybridized carbons (Fsp3) is 0.125. The number of carbonyl (C=O) groups excluding carboxylic acids is 2. The van der Waals surface area contributed by atoms with E-state index in [0.717, 1.165) is 18.2 Å². The van der Waals surface area contributed by atoms with Crippen molar-refractivity contribution < 1.29 is 27.1 Å². The Morgan fingerprint density at radius 3 is 2.74 bits per heavy atom. The van der Waals surface area contributed by atoms with Crippen LogP contribution in [0.25, 0.3) is 0 Å². The average molecular weight is 414 g/mol. The third kappa shape index (κ3) is 3.87. The molecule has 0 saturated heterocycles. The number of fused-ring (bicyclic) bond motifs is 1. The number of benzene rings is 2. The molecular weight excluding hydrogens is 401 g/mol. The Morgan fingerprint density at radius 1 is 1.30 bits per heavy atom. The van der Waals surface area contributed by atoms with E-state index in [0.29, 0.717) is 5.69 Å². The van der Waals surface area contributed by atoms with Gasteiger partial charge in [-0.3, -0.25) is 9.59 Å². The van der Waals surface area contributed by atoms with Gasteiger partial charge in [0.15, 0.2) is 6.61 Å². The van der Waals surface area contributed by atoms with Gasteiger partial charge >= 0.3 is 0 Å². The summed E-state index contributed by atoms with van der Waals surface area (Å²) in [5, 5.41) is 5.04. The molecular formula is C16H13ClFN3O5S. The van der Waals surface area contributed by atoms with Crippen LogP contribution in [0, 0.1) is 5.82 Å². The number of halogens is 2. The monoisotopic (exact) mass is 413 g/mol. The van der Waals surface area contributed by atoms with E-state index in [1.165, 1.54) is 19.2 Å². The normalized spacial score (nSPS) is 13.4. The molecule has 0 aromatic heterocycles. The lowest BCUT2D eigenvalue weighted by atomic mass is 10.2. The number of rotatable bonds is 4. The Kier molecular flexibility index (Phi) is 5.05. The zero-order valence-corrected chi connectivity index (χ0v) is 15.4. The first kappa shape index (κ1) is 19.1. The van der Waals surface area contributed by atoms with E-state index in [1.807, 2.05) is 0 Å². The quantitative estimate of drug-likeness (QED) is 0.709. The fourth-order valence-corrected chi connectivity index (χ4v) is 3.32. The van der Waals surface area contributed by atoms with Gasteiger partial charge in [-0.05, 0) is 31.3 Å². The van der Waals surface area contributed by atoms with Crippen molar-refractivity contribution in [3.8, 4) is 5.75 Å². The van der Waals surface area contributed by atoms with Gasteiger partial charge in [-0.2, -0.15) is 0 Å². The lowest BCUT2D eigenvalue weighted by Gasteiger charge is -2.19. The maximum absolute atomic E-state index is 14.1. The van der Waals surface area contributed by atoms with Crippen LogP contribution in [0.3, 0.4) is 0 Å². The molecule has 3 rings (SSSR count). The highest BCUT2D eigenvalue weighted by Crippen LogP contribution is 2.36. The van der Waals surface area contributed by atoms with E-state index in [2.05, 4.69) is 15.4 Å². The summed E-state index contributed by atoms with van der Waals surface area (Å²) in [7, 11) is -2.65. The van der Waals surface area contributed by atoms with Gasteiger partial charge in [-0.1, -0.05) is 11.6 Å². The second-order valence-electron chi connectivity index (χ2n) is 5.47. The molecule has 142 valence electrons. The first-order chi connectivity index (χ1) is 12.7. The molecule has 2 aromatic rings. The lowest BCUT2D eigenvalue weighted by Crippen LogP contribution is -2.25. The van der Waals surface area contributed by atoms with Crippen molar-refractivity contribution in [3.63, 3.8) is 0 Å². The zero-order chi connectivity index (χ0) is 19.8. The van der Waals surface area contributed by atoms with Gasteiger partial charge in [0.1, 0.15) is 11.6 Å². The predicted octanol–water partition coefficient (Wildman–Crippen LogP) is 1.97. The number of anilines is 2. The molecule has 0 unspecified atom stereocenters. The molecule has 2 amide bonds. The summed E-state index contributed by atoms with van der Waals surface area (Å²) >= 11 is 6.09. The third-order valence-corrected chi connectivity index (χ3v) is 5.44. The van der Waals surface area contributed by atoms with Crippen molar-refractivity contribution >= 4 is 44.8 Å². The smallest absolute Gasteiger partial charge is 0.262 e. The molecule has 0 radical (unpaired) electrons. The number of sulfonamides is 1. The summed E-state index contributed by atoms with van der Waals surface area (Å²) in [6.45, 7) is -0.194. The Balaban J connectivity index is 1.92. The third-order valence-electron chi connectivity index (χ3n) is 3.71. The number of hydrogen-bond donors (Lipinski definition) is 3. The molecule has 27 heavy (non-hydrogen) atoms. The van der Waals surface area contributed by atoms with Crippen LogP contribution in [-0.2, 0) is 14.8 Å². The highest BCUT2D eigenvalue weighted by molar-refractivity contribution is 7.89.